The van der Waals surface area contributed by atoms with Crippen LogP contribution in [-0.2, 0) is 4.79 Å². The molecule has 114 valence electrons. The molecular formula is C16H32O3. The normalized spacial score (nSPS) is 9.58. The molecule has 0 aromatic rings. The third kappa shape index (κ3) is 26.7. The predicted octanol–water partition coefficient (Wildman–Crippen LogP) is 4.55. The number of hydrogen-bond acceptors (Lipinski definition) is 2. The van der Waals surface area contributed by atoms with E-state index in [0.29, 0.717) is 6.61 Å². The monoisotopic (exact) mass is 272 g/mol. The van der Waals surface area contributed by atoms with Gasteiger partial charge in [-0.25, -0.2) is 4.79 Å². The summed E-state index contributed by atoms with van der Waals surface area (Å²) in [7, 11) is 0. The van der Waals surface area contributed by atoms with Gasteiger partial charge >= 0.3 is 5.97 Å². The number of aliphatic carboxylic acids is 1. The second kappa shape index (κ2) is 19.5. The number of carboxylic acids is 1. The molecule has 0 fully saturated rings. The van der Waals surface area contributed by atoms with Crippen molar-refractivity contribution in [3.8, 4) is 0 Å². The Morgan fingerprint density at radius 3 is 1.47 bits per heavy atom. The van der Waals surface area contributed by atoms with Crippen molar-refractivity contribution in [1.29, 1.82) is 0 Å². The minimum absolute atomic E-state index is 0.372. The highest BCUT2D eigenvalue weighted by molar-refractivity contribution is 5.78. The van der Waals surface area contributed by atoms with Crippen molar-refractivity contribution in [3.05, 3.63) is 12.7 Å². The number of carboxylic acid groups (broad SMARTS) is 1. The molecule has 0 radical (unpaired) electrons. The lowest BCUT2D eigenvalue weighted by atomic mass is 10.1. The lowest BCUT2D eigenvalue weighted by Crippen LogP contribution is -1.84. The van der Waals surface area contributed by atoms with Gasteiger partial charge < -0.3 is 10.2 Å². The van der Waals surface area contributed by atoms with Crippen LogP contribution in [0.4, 0.5) is 0 Å². The van der Waals surface area contributed by atoms with E-state index in [-0.39, 0.29) is 0 Å². The molecule has 0 aromatic heterocycles. The maximum absolute atomic E-state index is 9.25. The van der Waals surface area contributed by atoms with Crippen LogP contribution in [-0.4, -0.2) is 22.8 Å². The third-order valence-corrected chi connectivity index (χ3v) is 2.94. The summed E-state index contributed by atoms with van der Waals surface area (Å²) < 4.78 is 0. The predicted molar refractivity (Wildman–Crippen MR) is 81.4 cm³/mol. The number of rotatable bonds is 12. The van der Waals surface area contributed by atoms with Crippen LogP contribution in [0.25, 0.3) is 0 Å². The third-order valence-electron chi connectivity index (χ3n) is 2.94. The molecule has 0 aliphatic heterocycles. The van der Waals surface area contributed by atoms with Crippen LogP contribution in [0, 0.1) is 0 Å². The molecule has 0 aromatic carbocycles. The Balaban J connectivity index is 0. The summed E-state index contributed by atoms with van der Waals surface area (Å²) >= 11 is 0. The Labute approximate surface area is 118 Å². The molecule has 0 spiro atoms. The lowest BCUT2D eigenvalue weighted by Gasteiger charge is -2.01. The van der Waals surface area contributed by atoms with Crippen molar-refractivity contribution in [1.82, 2.24) is 0 Å². The first-order valence-electron chi connectivity index (χ1n) is 7.65. The molecule has 0 amide bonds. The molecule has 0 aliphatic carbocycles. The van der Waals surface area contributed by atoms with Gasteiger partial charge in [0, 0.05) is 12.7 Å². The van der Waals surface area contributed by atoms with E-state index < -0.39 is 5.97 Å². The fraction of sp³-hybridized carbons (Fsp3) is 0.812. The number of carbonyl (C=O) groups is 1. The molecule has 0 unspecified atom stereocenters. The molecule has 3 heteroatoms. The topological polar surface area (TPSA) is 57.5 Å². The van der Waals surface area contributed by atoms with Crippen molar-refractivity contribution in [2.24, 2.45) is 0 Å². The molecule has 0 heterocycles. The lowest BCUT2D eigenvalue weighted by molar-refractivity contribution is -0.131. The first kappa shape index (κ1) is 20.5. The van der Waals surface area contributed by atoms with Crippen molar-refractivity contribution in [2.45, 2.75) is 77.6 Å². The van der Waals surface area contributed by atoms with E-state index in [1.807, 2.05) is 0 Å². The van der Waals surface area contributed by atoms with E-state index in [2.05, 4.69) is 13.5 Å². The number of hydrogen-bond donors (Lipinski definition) is 2. The van der Waals surface area contributed by atoms with E-state index in [1.54, 1.807) is 0 Å². The van der Waals surface area contributed by atoms with E-state index in [1.165, 1.54) is 64.2 Å². The zero-order chi connectivity index (χ0) is 14.8. The first-order chi connectivity index (χ1) is 9.18. The number of aliphatic hydroxyl groups excluding tert-OH is 1. The Hall–Kier alpha value is -0.830. The van der Waals surface area contributed by atoms with Gasteiger partial charge in [0.25, 0.3) is 0 Å². The van der Waals surface area contributed by atoms with E-state index in [9.17, 15) is 4.79 Å². The fourth-order valence-corrected chi connectivity index (χ4v) is 1.78. The fourth-order valence-electron chi connectivity index (χ4n) is 1.78. The Bertz CT molecular complexity index is 178. The zero-order valence-electron chi connectivity index (χ0n) is 12.6. The smallest absolute Gasteiger partial charge is 0.327 e. The van der Waals surface area contributed by atoms with Crippen LogP contribution in [0.5, 0.6) is 0 Å². The van der Waals surface area contributed by atoms with Gasteiger partial charge in [0.15, 0.2) is 0 Å². The average molecular weight is 272 g/mol. The summed E-state index contributed by atoms with van der Waals surface area (Å²) in [6, 6.07) is 0. The van der Waals surface area contributed by atoms with Gasteiger partial charge in [0.05, 0.1) is 0 Å². The summed E-state index contributed by atoms with van der Waals surface area (Å²) in [6.45, 7) is 5.60. The maximum atomic E-state index is 9.25. The summed E-state index contributed by atoms with van der Waals surface area (Å²) in [5.41, 5.74) is 0. The number of aliphatic hydroxyl groups is 1. The van der Waals surface area contributed by atoms with Crippen LogP contribution >= 0.6 is 0 Å². The standard InChI is InChI=1S/C13H28O.C3H4O2/c1-2-3-4-5-6-7-8-9-10-11-12-13-14;1-2-3(4)5/h14H,2-13H2,1H3;2H,1H2,(H,4,5). The highest BCUT2D eigenvalue weighted by atomic mass is 16.4. The minimum atomic E-state index is -0.981. The first-order valence-corrected chi connectivity index (χ1v) is 7.65. The van der Waals surface area contributed by atoms with Gasteiger partial charge in [-0.2, -0.15) is 0 Å². The van der Waals surface area contributed by atoms with Crippen molar-refractivity contribution in [3.63, 3.8) is 0 Å². The van der Waals surface area contributed by atoms with E-state index in [4.69, 9.17) is 10.2 Å². The van der Waals surface area contributed by atoms with Crippen LogP contribution in [0.3, 0.4) is 0 Å². The molecule has 0 saturated heterocycles. The Kier molecular flexibility index (Phi) is 21.0. The molecule has 0 aliphatic rings. The molecule has 2 N–H and O–H groups in total. The Morgan fingerprint density at radius 1 is 0.895 bits per heavy atom. The number of unbranched alkanes of at least 4 members (excludes halogenated alkanes) is 10. The van der Waals surface area contributed by atoms with E-state index in [0.717, 1.165) is 12.5 Å². The Morgan fingerprint density at radius 2 is 1.21 bits per heavy atom. The summed E-state index contributed by atoms with van der Waals surface area (Å²) in [4.78, 5) is 9.25. The molecule has 3 nitrogen and oxygen atoms in total. The largest absolute Gasteiger partial charge is 0.478 e. The van der Waals surface area contributed by atoms with Gasteiger partial charge in [-0.05, 0) is 6.42 Å². The SMILES string of the molecule is C=CC(=O)O.CCCCCCCCCCCCCO. The zero-order valence-corrected chi connectivity index (χ0v) is 12.6. The van der Waals surface area contributed by atoms with Crippen LogP contribution in [0.2, 0.25) is 0 Å². The van der Waals surface area contributed by atoms with Crippen LogP contribution < -0.4 is 0 Å². The van der Waals surface area contributed by atoms with E-state index >= 15 is 0 Å². The highest BCUT2D eigenvalue weighted by Gasteiger charge is 1.91. The second-order valence-corrected chi connectivity index (χ2v) is 4.80. The van der Waals surface area contributed by atoms with Gasteiger partial charge in [0.2, 0.25) is 0 Å². The highest BCUT2D eigenvalue weighted by Crippen LogP contribution is 2.10. The van der Waals surface area contributed by atoms with Crippen molar-refractivity contribution in [2.75, 3.05) is 6.61 Å². The molecule has 0 rings (SSSR count). The van der Waals surface area contributed by atoms with Gasteiger partial charge in [-0.1, -0.05) is 77.7 Å². The molecule has 0 saturated carbocycles. The quantitative estimate of drug-likeness (QED) is 0.405. The summed E-state index contributed by atoms with van der Waals surface area (Å²) in [5, 5.41) is 16.2. The average Bonchev–Trinajstić information content (AvgIpc) is 2.41. The summed E-state index contributed by atoms with van der Waals surface area (Å²) in [5.74, 6) is -0.981. The van der Waals surface area contributed by atoms with Crippen molar-refractivity contribution < 1.29 is 15.0 Å². The molecule has 19 heavy (non-hydrogen) atoms. The second-order valence-electron chi connectivity index (χ2n) is 4.80. The minimum Gasteiger partial charge on any atom is -0.478 e. The van der Waals surface area contributed by atoms with Crippen molar-refractivity contribution >= 4 is 5.97 Å². The van der Waals surface area contributed by atoms with Crippen LogP contribution in [0.15, 0.2) is 12.7 Å². The maximum Gasteiger partial charge on any atom is 0.327 e. The van der Waals surface area contributed by atoms with Crippen LogP contribution in [0.1, 0.15) is 77.6 Å². The molecule has 0 bridgehead atoms. The summed E-state index contributed by atoms with van der Waals surface area (Å²) in [6.07, 6.45) is 15.6. The van der Waals surface area contributed by atoms with Gasteiger partial charge in [-0.15, -0.1) is 0 Å². The molecule has 0 atom stereocenters. The molecular weight excluding hydrogens is 240 g/mol. The van der Waals surface area contributed by atoms with Gasteiger partial charge in [-0.3, -0.25) is 0 Å². The van der Waals surface area contributed by atoms with Gasteiger partial charge in [0.1, 0.15) is 0 Å².